The van der Waals surface area contributed by atoms with E-state index in [0.717, 1.165) is 63.1 Å². The molecule has 0 aromatic heterocycles. The van der Waals surface area contributed by atoms with Crippen molar-refractivity contribution in [2.24, 2.45) is 5.41 Å². The topological polar surface area (TPSA) is 64.1 Å². The van der Waals surface area contributed by atoms with Crippen LogP contribution in [-0.4, -0.2) is 66.3 Å². The zero-order chi connectivity index (χ0) is 26.8. The summed E-state index contributed by atoms with van der Waals surface area (Å²) in [5.74, 6) is -2.35. The third kappa shape index (κ3) is 6.07. The standard InChI is InChI=1S/C26H39N3O.C2HF3O2/c1-20-19-23(27-17-10-22(11-18-27)28-15-5-7-21(28)2)8-9-24(20)29-16-6-14-26(25(29)30)12-3-4-13-26;3-2(4,5)1(6)7/h8-9,19,21-22H,3-7,10-18H2,1-2H3;(H,6,7)/t21-;/m0./s1. The summed E-state index contributed by atoms with van der Waals surface area (Å²) in [6, 6.07) is 8.37. The van der Waals surface area contributed by atoms with E-state index < -0.39 is 12.1 Å². The molecule has 1 N–H and O–H groups in total. The number of carbonyl (C=O) groups excluding carboxylic acids is 1. The second-order valence-corrected chi connectivity index (χ2v) is 11.3. The number of benzene rings is 1. The lowest BCUT2D eigenvalue weighted by Crippen LogP contribution is -2.48. The van der Waals surface area contributed by atoms with Crippen molar-refractivity contribution < 1.29 is 27.9 Å². The molecule has 0 unspecified atom stereocenters. The van der Waals surface area contributed by atoms with Gasteiger partial charge in [-0.3, -0.25) is 9.69 Å². The number of halogens is 3. The van der Waals surface area contributed by atoms with Crippen molar-refractivity contribution in [1.82, 2.24) is 4.90 Å². The first kappa shape index (κ1) is 27.7. The number of hydrogen-bond donors (Lipinski definition) is 1. The number of anilines is 2. The summed E-state index contributed by atoms with van der Waals surface area (Å²) < 4.78 is 31.7. The Kier molecular flexibility index (Phi) is 8.41. The molecular formula is C28H40F3N3O3. The highest BCUT2D eigenvalue weighted by Gasteiger charge is 2.46. The number of rotatable bonds is 3. The normalized spacial score (nSPS) is 24.9. The van der Waals surface area contributed by atoms with Gasteiger partial charge in [0.05, 0.1) is 0 Å². The number of nitrogens with zero attached hydrogens (tertiary/aromatic N) is 3. The number of carbonyl (C=O) groups is 2. The molecule has 1 aliphatic carbocycles. The molecule has 1 spiro atoms. The fourth-order valence-electron chi connectivity index (χ4n) is 6.91. The summed E-state index contributed by atoms with van der Waals surface area (Å²) >= 11 is 0. The first-order valence-electron chi connectivity index (χ1n) is 13.8. The maximum Gasteiger partial charge on any atom is 0.490 e. The van der Waals surface area contributed by atoms with Crippen LogP contribution < -0.4 is 9.80 Å². The summed E-state index contributed by atoms with van der Waals surface area (Å²) in [5, 5.41) is 7.12. The summed E-state index contributed by atoms with van der Waals surface area (Å²) in [5.41, 5.74) is 3.70. The number of amides is 1. The van der Waals surface area contributed by atoms with E-state index >= 15 is 0 Å². The third-order valence-corrected chi connectivity index (χ3v) is 8.91. The Hall–Kier alpha value is -2.29. The maximum absolute atomic E-state index is 13.4. The van der Waals surface area contributed by atoms with Crippen molar-refractivity contribution in [2.45, 2.75) is 96.3 Å². The Morgan fingerprint density at radius 1 is 0.973 bits per heavy atom. The number of aryl methyl sites for hydroxylation is 1. The van der Waals surface area contributed by atoms with Gasteiger partial charge in [-0.25, -0.2) is 4.79 Å². The fraction of sp³-hybridized carbons (Fsp3) is 0.714. The van der Waals surface area contributed by atoms with Crippen LogP contribution in [0.1, 0.15) is 76.7 Å². The first-order chi connectivity index (χ1) is 17.5. The number of carboxylic acids is 1. The Bertz CT molecular complexity index is 969. The van der Waals surface area contributed by atoms with Crippen LogP contribution in [0.3, 0.4) is 0 Å². The molecule has 5 rings (SSSR count). The lowest BCUT2D eigenvalue weighted by atomic mass is 9.77. The Morgan fingerprint density at radius 2 is 1.59 bits per heavy atom. The van der Waals surface area contributed by atoms with Crippen molar-refractivity contribution in [2.75, 3.05) is 36.0 Å². The molecule has 1 aromatic carbocycles. The molecule has 4 aliphatic rings. The average Bonchev–Trinajstić information content (AvgIpc) is 3.51. The van der Waals surface area contributed by atoms with Gasteiger partial charge in [-0.15, -0.1) is 0 Å². The van der Waals surface area contributed by atoms with E-state index in [1.54, 1.807) is 0 Å². The van der Waals surface area contributed by atoms with Crippen LogP contribution in [0.4, 0.5) is 24.5 Å². The van der Waals surface area contributed by atoms with E-state index in [9.17, 15) is 18.0 Å². The maximum atomic E-state index is 13.4. The number of aliphatic carboxylic acids is 1. The van der Waals surface area contributed by atoms with Gasteiger partial charge in [-0.2, -0.15) is 13.2 Å². The molecule has 1 aromatic rings. The van der Waals surface area contributed by atoms with Gasteiger partial charge in [-0.1, -0.05) is 12.8 Å². The van der Waals surface area contributed by atoms with E-state index in [0.29, 0.717) is 5.91 Å². The summed E-state index contributed by atoms with van der Waals surface area (Å²) in [6.45, 7) is 9.09. The molecule has 1 amide bonds. The van der Waals surface area contributed by atoms with Crippen molar-refractivity contribution in [3.63, 3.8) is 0 Å². The first-order valence-corrected chi connectivity index (χ1v) is 13.8. The van der Waals surface area contributed by atoms with Crippen molar-refractivity contribution >= 4 is 23.3 Å². The van der Waals surface area contributed by atoms with Gasteiger partial charge in [0.2, 0.25) is 5.91 Å². The molecule has 0 radical (unpaired) electrons. The molecule has 1 atom stereocenters. The minimum absolute atomic E-state index is 0.0437. The number of likely N-dealkylation sites (tertiary alicyclic amines) is 1. The number of alkyl halides is 3. The monoisotopic (exact) mass is 523 g/mol. The van der Waals surface area contributed by atoms with Crippen LogP contribution >= 0.6 is 0 Å². The zero-order valence-electron chi connectivity index (χ0n) is 22.0. The predicted octanol–water partition coefficient (Wildman–Crippen LogP) is 5.77. The highest BCUT2D eigenvalue weighted by atomic mass is 19.4. The van der Waals surface area contributed by atoms with Crippen LogP contribution in [0.25, 0.3) is 0 Å². The molecule has 37 heavy (non-hydrogen) atoms. The minimum atomic E-state index is -5.08. The van der Waals surface area contributed by atoms with Crippen LogP contribution in [0, 0.1) is 12.3 Å². The molecular weight excluding hydrogens is 483 g/mol. The molecule has 4 fully saturated rings. The second kappa shape index (κ2) is 11.2. The summed E-state index contributed by atoms with van der Waals surface area (Å²) in [6.07, 6.45) is 7.12. The van der Waals surface area contributed by atoms with Gasteiger partial charge < -0.3 is 14.9 Å². The van der Waals surface area contributed by atoms with Crippen molar-refractivity contribution in [1.29, 1.82) is 0 Å². The molecule has 206 valence electrons. The number of hydrogen-bond acceptors (Lipinski definition) is 4. The summed E-state index contributed by atoms with van der Waals surface area (Å²) in [7, 11) is 0. The van der Waals surface area contributed by atoms with Gasteiger partial charge in [0.25, 0.3) is 0 Å². The number of piperidine rings is 2. The molecule has 9 heteroatoms. The number of carboxylic acid groups (broad SMARTS) is 1. The van der Waals surface area contributed by atoms with E-state index in [1.807, 2.05) is 0 Å². The molecule has 3 aliphatic heterocycles. The van der Waals surface area contributed by atoms with Gasteiger partial charge in [-0.05, 0) is 95.5 Å². The van der Waals surface area contributed by atoms with E-state index in [2.05, 4.69) is 46.7 Å². The van der Waals surface area contributed by atoms with E-state index in [4.69, 9.17) is 9.90 Å². The van der Waals surface area contributed by atoms with Crippen LogP contribution in [0.2, 0.25) is 0 Å². The van der Waals surface area contributed by atoms with E-state index in [1.165, 1.54) is 56.3 Å². The highest BCUT2D eigenvalue weighted by Crippen LogP contribution is 2.47. The fourth-order valence-corrected chi connectivity index (χ4v) is 6.91. The van der Waals surface area contributed by atoms with Crippen LogP contribution in [0.5, 0.6) is 0 Å². The second-order valence-electron chi connectivity index (χ2n) is 11.3. The lowest BCUT2D eigenvalue weighted by molar-refractivity contribution is -0.192. The Labute approximate surface area is 217 Å². The molecule has 3 saturated heterocycles. The quantitative estimate of drug-likeness (QED) is 0.545. The zero-order valence-corrected chi connectivity index (χ0v) is 22.0. The average molecular weight is 524 g/mol. The van der Waals surface area contributed by atoms with Crippen molar-refractivity contribution in [3.05, 3.63) is 23.8 Å². The third-order valence-electron chi connectivity index (χ3n) is 8.91. The smallest absolute Gasteiger partial charge is 0.475 e. The molecule has 3 heterocycles. The minimum Gasteiger partial charge on any atom is -0.475 e. The largest absolute Gasteiger partial charge is 0.490 e. The lowest BCUT2D eigenvalue weighted by Gasteiger charge is -2.41. The van der Waals surface area contributed by atoms with Gasteiger partial charge in [0.15, 0.2) is 0 Å². The van der Waals surface area contributed by atoms with Gasteiger partial charge >= 0.3 is 12.1 Å². The predicted molar refractivity (Wildman–Crippen MR) is 138 cm³/mol. The van der Waals surface area contributed by atoms with Crippen LogP contribution in [-0.2, 0) is 9.59 Å². The SMILES string of the molecule is Cc1cc(N2CCC(N3CCC[C@@H]3C)CC2)ccc1N1CCCC2(CCCC2)C1=O.O=C(O)C(F)(F)F. The van der Waals surface area contributed by atoms with Gasteiger partial charge in [0, 0.05) is 48.5 Å². The Morgan fingerprint density at radius 3 is 2.14 bits per heavy atom. The molecule has 1 saturated carbocycles. The van der Waals surface area contributed by atoms with E-state index in [-0.39, 0.29) is 5.41 Å². The van der Waals surface area contributed by atoms with Crippen molar-refractivity contribution in [3.8, 4) is 0 Å². The molecule has 0 bridgehead atoms. The molecule has 6 nitrogen and oxygen atoms in total. The van der Waals surface area contributed by atoms with Crippen LogP contribution in [0.15, 0.2) is 18.2 Å². The summed E-state index contributed by atoms with van der Waals surface area (Å²) in [4.78, 5) is 29.7. The highest BCUT2D eigenvalue weighted by molar-refractivity contribution is 5.99. The van der Waals surface area contributed by atoms with Gasteiger partial charge in [0.1, 0.15) is 0 Å². The Balaban J connectivity index is 0.000000405.